The molecule has 2 aromatic rings. The SMILES string of the molecule is Cc1ccc(C)c(Oc2cccc(CN)c2)c1. The molecular formula is C15H17NO. The van der Waals surface area contributed by atoms with Crippen molar-refractivity contribution < 1.29 is 4.74 Å². The maximum absolute atomic E-state index is 5.88. The second-order valence-electron chi connectivity index (χ2n) is 4.22. The number of ether oxygens (including phenoxy) is 1. The first-order chi connectivity index (χ1) is 8.19. The van der Waals surface area contributed by atoms with Gasteiger partial charge in [0.05, 0.1) is 0 Å². The molecular weight excluding hydrogens is 210 g/mol. The fourth-order valence-corrected chi connectivity index (χ4v) is 1.68. The minimum Gasteiger partial charge on any atom is -0.457 e. The van der Waals surface area contributed by atoms with Crippen LogP contribution in [0.4, 0.5) is 0 Å². The molecule has 2 N–H and O–H groups in total. The standard InChI is InChI=1S/C15H17NO/c1-11-6-7-12(2)15(8-11)17-14-5-3-4-13(9-14)10-16/h3-9H,10,16H2,1-2H3. The Morgan fingerprint density at radius 3 is 2.65 bits per heavy atom. The van der Waals surface area contributed by atoms with E-state index < -0.39 is 0 Å². The monoisotopic (exact) mass is 227 g/mol. The molecule has 0 amide bonds. The van der Waals surface area contributed by atoms with Crippen LogP contribution in [0.25, 0.3) is 0 Å². The van der Waals surface area contributed by atoms with Crippen LogP contribution in [-0.4, -0.2) is 0 Å². The Labute approximate surface area is 102 Å². The van der Waals surface area contributed by atoms with Crippen LogP contribution in [0.1, 0.15) is 16.7 Å². The summed E-state index contributed by atoms with van der Waals surface area (Å²) in [6, 6.07) is 14.1. The van der Waals surface area contributed by atoms with Gasteiger partial charge >= 0.3 is 0 Å². The zero-order valence-corrected chi connectivity index (χ0v) is 10.2. The normalized spacial score (nSPS) is 10.3. The molecule has 0 saturated carbocycles. The third kappa shape index (κ3) is 2.86. The number of benzene rings is 2. The van der Waals surface area contributed by atoms with E-state index in [4.69, 9.17) is 10.5 Å². The van der Waals surface area contributed by atoms with Gasteiger partial charge in [0.1, 0.15) is 11.5 Å². The fourth-order valence-electron chi connectivity index (χ4n) is 1.68. The molecule has 0 saturated heterocycles. The highest BCUT2D eigenvalue weighted by atomic mass is 16.5. The molecule has 0 aromatic heterocycles. The largest absolute Gasteiger partial charge is 0.457 e. The van der Waals surface area contributed by atoms with Crippen molar-refractivity contribution in [3.8, 4) is 11.5 Å². The quantitative estimate of drug-likeness (QED) is 0.870. The summed E-state index contributed by atoms with van der Waals surface area (Å²) in [7, 11) is 0. The van der Waals surface area contributed by atoms with Gasteiger partial charge in [-0.25, -0.2) is 0 Å². The lowest BCUT2D eigenvalue weighted by Gasteiger charge is -2.10. The van der Waals surface area contributed by atoms with Crippen LogP contribution < -0.4 is 10.5 Å². The molecule has 0 spiro atoms. The molecule has 2 aromatic carbocycles. The smallest absolute Gasteiger partial charge is 0.130 e. The number of nitrogens with two attached hydrogens (primary N) is 1. The van der Waals surface area contributed by atoms with Crippen molar-refractivity contribution in [1.29, 1.82) is 0 Å². The Morgan fingerprint density at radius 1 is 1.06 bits per heavy atom. The van der Waals surface area contributed by atoms with E-state index in [9.17, 15) is 0 Å². The van der Waals surface area contributed by atoms with E-state index in [1.165, 1.54) is 5.56 Å². The van der Waals surface area contributed by atoms with E-state index in [1.807, 2.05) is 37.3 Å². The van der Waals surface area contributed by atoms with E-state index in [2.05, 4.69) is 19.1 Å². The van der Waals surface area contributed by atoms with Crippen molar-refractivity contribution >= 4 is 0 Å². The highest BCUT2D eigenvalue weighted by molar-refractivity contribution is 5.40. The zero-order chi connectivity index (χ0) is 12.3. The summed E-state index contributed by atoms with van der Waals surface area (Å²) in [5.74, 6) is 1.74. The average Bonchev–Trinajstić information content (AvgIpc) is 2.34. The second-order valence-corrected chi connectivity index (χ2v) is 4.22. The second kappa shape index (κ2) is 5.02. The topological polar surface area (TPSA) is 35.2 Å². The molecule has 2 rings (SSSR count). The molecule has 88 valence electrons. The van der Waals surface area contributed by atoms with Crippen molar-refractivity contribution in [2.75, 3.05) is 0 Å². The minimum atomic E-state index is 0.532. The predicted molar refractivity (Wildman–Crippen MR) is 70.3 cm³/mol. The molecule has 0 atom stereocenters. The summed E-state index contributed by atoms with van der Waals surface area (Å²) in [5.41, 5.74) is 9.02. The van der Waals surface area contributed by atoms with E-state index in [0.29, 0.717) is 6.54 Å². The highest BCUT2D eigenvalue weighted by Crippen LogP contribution is 2.26. The van der Waals surface area contributed by atoms with E-state index >= 15 is 0 Å². The highest BCUT2D eigenvalue weighted by Gasteiger charge is 2.02. The average molecular weight is 227 g/mol. The number of rotatable bonds is 3. The summed E-state index contributed by atoms with van der Waals surface area (Å²) in [6.07, 6.45) is 0. The van der Waals surface area contributed by atoms with Crippen LogP contribution >= 0.6 is 0 Å². The van der Waals surface area contributed by atoms with E-state index in [1.54, 1.807) is 0 Å². The molecule has 17 heavy (non-hydrogen) atoms. The number of hydrogen-bond donors (Lipinski definition) is 1. The maximum atomic E-state index is 5.88. The molecule has 0 aliphatic heterocycles. The molecule has 0 unspecified atom stereocenters. The van der Waals surface area contributed by atoms with Gasteiger partial charge in [0.2, 0.25) is 0 Å². The lowest BCUT2D eigenvalue weighted by Crippen LogP contribution is -1.96. The van der Waals surface area contributed by atoms with Crippen LogP contribution in [0.15, 0.2) is 42.5 Å². The lowest BCUT2D eigenvalue weighted by atomic mass is 10.1. The summed E-state index contributed by atoms with van der Waals surface area (Å²) >= 11 is 0. The lowest BCUT2D eigenvalue weighted by molar-refractivity contribution is 0.478. The fraction of sp³-hybridized carbons (Fsp3) is 0.200. The molecule has 2 nitrogen and oxygen atoms in total. The van der Waals surface area contributed by atoms with Gasteiger partial charge in [-0.1, -0.05) is 24.3 Å². The molecule has 0 fully saturated rings. The van der Waals surface area contributed by atoms with Crippen LogP contribution in [0, 0.1) is 13.8 Å². The van der Waals surface area contributed by atoms with Crippen LogP contribution in [-0.2, 0) is 6.54 Å². The molecule has 0 radical (unpaired) electrons. The van der Waals surface area contributed by atoms with Gasteiger partial charge in [-0.2, -0.15) is 0 Å². The first kappa shape index (κ1) is 11.7. The minimum absolute atomic E-state index is 0.532. The molecule has 0 heterocycles. The Bertz CT molecular complexity index is 520. The van der Waals surface area contributed by atoms with Gasteiger partial charge in [0, 0.05) is 6.54 Å². The third-order valence-electron chi connectivity index (χ3n) is 2.71. The Morgan fingerprint density at radius 2 is 1.88 bits per heavy atom. The van der Waals surface area contributed by atoms with Gasteiger partial charge in [-0.3, -0.25) is 0 Å². The van der Waals surface area contributed by atoms with Crippen LogP contribution in [0.2, 0.25) is 0 Å². The van der Waals surface area contributed by atoms with Gasteiger partial charge in [0.25, 0.3) is 0 Å². The van der Waals surface area contributed by atoms with E-state index in [0.717, 1.165) is 22.6 Å². The summed E-state index contributed by atoms with van der Waals surface area (Å²) in [4.78, 5) is 0. The first-order valence-electron chi connectivity index (χ1n) is 5.73. The number of aryl methyl sites for hydroxylation is 2. The summed E-state index contributed by atoms with van der Waals surface area (Å²) in [6.45, 7) is 4.63. The summed E-state index contributed by atoms with van der Waals surface area (Å²) in [5, 5.41) is 0. The van der Waals surface area contributed by atoms with E-state index in [-0.39, 0.29) is 0 Å². The van der Waals surface area contributed by atoms with Gasteiger partial charge in [-0.05, 0) is 48.7 Å². The van der Waals surface area contributed by atoms with Crippen molar-refractivity contribution in [2.24, 2.45) is 5.73 Å². The first-order valence-corrected chi connectivity index (χ1v) is 5.73. The Kier molecular flexibility index (Phi) is 3.45. The number of hydrogen-bond acceptors (Lipinski definition) is 2. The van der Waals surface area contributed by atoms with Crippen LogP contribution in [0.5, 0.6) is 11.5 Å². The van der Waals surface area contributed by atoms with Gasteiger partial charge in [-0.15, -0.1) is 0 Å². The van der Waals surface area contributed by atoms with Crippen molar-refractivity contribution in [1.82, 2.24) is 0 Å². The summed E-state index contributed by atoms with van der Waals surface area (Å²) < 4.78 is 5.88. The predicted octanol–water partition coefficient (Wildman–Crippen LogP) is 3.55. The van der Waals surface area contributed by atoms with Gasteiger partial charge < -0.3 is 10.5 Å². The van der Waals surface area contributed by atoms with Crippen LogP contribution in [0.3, 0.4) is 0 Å². The van der Waals surface area contributed by atoms with Crippen molar-refractivity contribution in [3.05, 3.63) is 59.2 Å². The van der Waals surface area contributed by atoms with Crippen molar-refractivity contribution in [2.45, 2.75) is 20.4 Å². The maximum Gasteiger partial charge on any atom is 0.130 e. The Hall–Kier alpha value is -1.80. The zero-order valence-electron chi connectivity index (χ0n) is 10.2. The molecule has 0 aliphatic rings. The van der Waals surface area contributed by atoms with Crippen molar-refractivity contribution in [3.63, 3.8) is 0 Å². The molecule has 0 bridgehead atoms. The van der Waals surface area contributed by atoms with Gasteiger partial charge in [0.15, 0.2) is 0 Å². The Balaban J connectivity index is 2.27. The molecule has 2 heteroatoms. The third-order valence-corrected chi connectivity index (χ3v) is 2.71. The molecule has 0 aliphatic carbocycles.